The van der Waals surface area contributed by atoms with Crippen molar-refractivity contribution in [3.8, 4) is 0 Å². The van der Waals surface area contributed by atoms with E-state index in [1.165, 1.54) is 70.6 Å². The van der Waals surface area contributed by atoms with E-state index in [1.54, 1.807) is 0 Å². The number of quaternary nitrogens is 1. The summed E-state index contributed by atoms with van der Waals surface area (Å²) in [5, 5.41) is 29.3. The van der Waals surface area contributed by atoms with Gasteiger partial charge in [-0.15, -0.1) is 0 Å². The molecule has 0 aliphatic rings. The second-order valence-electron chi connectivity index (χ2n) is 10.1. The Labute approximate surface area is 213 Å². The first-order valence-corrected chi connectivity index (χ1v) is 13.9. The molecule has 0 heterocycles. The van der Waals surface area contributed by atoms with Gasteiger partial charge in [0.05, 0.1) is 12.5 Å². The molecule has 0 bridgehead atoms. The van der Waals surface area contributed by atoms with E-state index in [9.17, 15) is 19.5 Å². The van der Waals surface area contributed by atoms with Crippen LogP contribution in [0.15, 0.2) is 12.2 Å². The largest absolute Gasteiger partial charge is 0.544 e. The van der Waals surface area contributed by atoms with Crippen LogP contribution in [-0.2, 0) is 14.4 Å². The van der Waals surface area contributed by atoms with Crippen LogP contribution >= 0.6 is 0 Å². The lowest BCUT2D eigenvalue weighted by Gasteiger charge is -2.36. The van der Waals surface area contributed by atoms with Crippen LogP contribution in [-0.4, -0.2) is 58.8 Å². The molecule has 0 atom stereocenters. The molecule has 0 aromatic carbocycles. The number of unbranched alkanes of at least 4 members (excludes halogenated alkanes) is 16. The number of carbonyl (C=O) groups is 3. The van der Waals surface area contributed by atoms with Crippen LogP contribution in [0.25, 0.3) is 0 Å². The van der Waals surface area contributed by atoms with Crippen molar-refractivity contribution in [2.45, 2.75) is 122 Å². The molecule has 0 unspecified atom stereocenters. The first kappa shape index (κ1) is 33.1. The fourth-order valence-corrected chi connectivity index (χ4v) is 4.65. The Bertz CT molecular complexity index is 549. The Morgan fingerprint density at radius 1 is 0.600 bits per heavy atom. The molecule has 0 amide bonds. The molecule has 0 aliphatic carbocycles. The van der Waals surface area contributed by atoms with Gasteiger partial charge in [-0.2, -0.15) is 0 Å². The number of hydrogen-bond donors (Lipinski definition) is 2. The number of carboxylic acid groups (broad SMARTS) is 3. The number of hydrogen-bond acceptors (Lipinski definition) is 4. The van der Waals surface area contributed by atoms with Crippen LogP contribution in [0.4, 0.5) is 0 Å². The third kappa shape index (κ3) is 22.3. The highest BCUT2D eigenvalue weighted by Gasteiger charge is 2.33. The van der Waals surface area contributed by atoms with E-state index in [-0.39, 0.29) is 6.54 Å². The van der Waals surface area contributed by atoms with Gasteiger partial charge in [0, 0.05) is 0 Å². The van der Waals surface area contributed by atoms with E-state index in [4.69, 9.17) is 10.2 Å². The number of allylic oxidation sites excluding steroid dienone is 2. The van der Waals surface area contributed by atoms with Gasteiger partial charge in [0.25, 0.3) is 0 Å². The molecule has 35 heavy (non-hydrogen) atoms. The lowest BCUT2D eigenvalue weighted by molar-refractivity contribution is -0.909. The molecule has 7 heteroatoms. The van der Waals surface area contributed by atoms with Gasteiger partial charge in [0.2, 0.25) is 0 Å². The molecule has 0 aromatic rings. The van der Waals surface area contributed by atoms with E-state index < -0.39 is 42.0 Å². The summed E-state index contributed by atoms with van der Waals surface area (Å²) in [6.07, 6.45) is 26.3. The van der Waals surface area contributed by atoms with Crippen molar-refractivity contribution in [3.05, 3.63) is 12.2 Å². The summed E-state index contributed by atoms with van der Waals surface area (Å²) in [4.78, 5) is 33.4. The minimum atomic E-state index is -1.42. The highest BCUT2D eigenvalue weighted by atomic mass is 16.4. The summed E-state index contributed by atoms with van der Waals surface area (Å²) in [5.74, 6) is -3.83. The van der Waals surface area contributed by atoms with Gasteiger partial charge in [-0.25, -0.2) is 9.59 Å². The monoisotopic (exact) mass is 497 g/mol. The van der Waals surface area contributed by atoms with E-state index in [1.807, 2.05) is 0 Å². The fraction of sp³-hybridized carbons (Fsp3) is 0.821. The Morgan fingerprint density at radius 2 is 0.971 bits per heavy atom. The molecule has 0 rings (SSSR count). The van der Waals surface area contributed by atoms with Crippen LogP contribution in [0, 0.1) is 0 Å². The van der Waals surface area contributed by atoms with Gasteiger partial charge in [0.15, 0.2) is 13.1 Å². The van der Waals surface area contributed by atoms with Crippen LogP contribution in [0.2, 0.25) is 0 Å². The summed E-state index contributed by atoms with van der Waals surface area (Å²) < 4.78 is -0.505. The highest BCUT2D eigenvalue weighted by Crippen LogP contribution is 2.14. The summed E-state index contributed by atoms with van der Waals surface area (Å²) in [6.45, 7) is 0.831. The minimum Gasteiger partial charge on any atom is -0.544 e. The average Bonchev–Trinajstić information content (AvgIpc) is 2.76. The van der Waals surface area contributed by atoms with Gasteiger partial charge in [-0.1, -0.05) is 96.1 Å². The summed E-state index contributed by atoms with van der Waals surface area (Å²) in [5.41, 5.74) is 0. The first-order chi connectivity index (χ1) is 16.8. The third-order valence-electron chi connectivity index (χ3n) is 6.55. The van der Waals surface area contributed by atoms with E-state index in [2.05, 4.69) is 19.1 Å². The zero-order valence-electron chi connectivity index (χ0n) is 22.2. The van der Waals surface area contributed by atoms with Crippen molar-refractivity contribution >= 4 is 17.9 Å². The molecule has 2 N–H and O–H groups in total. The maximum absolute atomic E-state index is 11.2. The molecular formula is C28H51NO6. The molecule has 204 valence electrons. The average molecular weight is 498 g/mol. The number of carboxylic acids is 3. The SMILES string of the molecule is CCCCCCCCCCCCC/C=C/CCCCCCC[N+](CC(=O)[O-])(CC(=O)O)CC(=O)O. The number of nitrogens with zero attached hydrogens (tertiary/aromatic N) is 1. The van der Waals surface area contributed by atoms with Crippen molar-refractivity contribution < 1.29 is 34.2 Å². The van der Waals surface area contributed by atoms with Crippen LogP contribution in [0.3, 0.4) is 0 Å². The van der Waals surface area contributed by atoms with Gasteiger partial charge in [0.1, 0.15) is 6.54 Å². The lowest BCUT2D eigenvalue weighted by Crippen LogP contribution is -2.59. The van der Waals surface area contributed by atoms with Crippen molar-refractivity contribution in [1.29, 1.82) is 0 Å². The lowest BCUT2D eigenvalue weighted by atomic mass is 10.0. The highest BCUT2D eigenvalue weighted by molar-refractivity contribution is 5.72. The predicted molar refractivity (Wildman–Crippen MR) is 138 cm³/mol. The molecule has 0 aromatic heterocycles. The molecular weight excluding hydrogens is 446 g/mol. The number of carbonyl (C=O) groups excluding carboxylic acids is 1. The Balaban J connectivity index is 3.75. The summed E-state index contributed by atoms with van der Waals surface area (Å²) >= 11 is 0. The Kier molecular flexibility index (Phi) is 21.3. The predicted octanol–water partition coefficient (Wildman–Crippen LogP) is 5.32. The van der Waals surface area contributed by atoms with E-state index >= 15 is 0 Å². The molecule has 0 fully saturated rings. The quantitative estimate of drug-likeness (QED) is 0.0949. The minimum absolute atomic E-state index is 0.214. The Hall–Kier alpha value is -1.89. The van der Waals surface area contributed by atoms with Crippen LogP contribution in [0.1, 0.15) is 122 Å². The van der Waals surface area contributed by atoms with E-state index in [0.717, 1.165) is 38.5 Å². The van der Waals surface area contributed by atoms with Gasteiger partial charge in [-0.3, -0.25) is 0 Å². The zero-order valence-corrected chi connectivity index (χ0v) is 22.2. The van der Waals surface area contributed by atoms with Crippen molar-refractivity contribution in [2.75, 3.05) is 26.2 Å². The molecule has 0 spiro atoms. The third-order valence-corrected chi connectivity index (χ3v) is 6.55. The van der Waals surface area contributed by atoms with Crippen molar-refractivity contribution in [2.24, 2.45) is 0 Å². The molecule has 0 saturated carbocycles. The molecule has 0 aliphatic heterocycles. The second-order valence-corrected chi connectivity index (χ2v) is 10.1. The first-order valence-electron chi connectivity index (χ1n) is 13.9. The summed E-state index contributed by atoms with van der Waals surface area (Å²) in [7, 11) is 0. The van der Waals surface area contributed by atoms with Gasteiger partial charge < -0.3 is 24.6 Å². The zero-order chi connectivity index (χ0) is 26.2. The maximum atomic E-state index is 11.2. The molecule has 7 nitrogen and oxygen atoms in total. The van der Waals surface area contributed by atoms with Crippen molar-refractivity contribution in [1.82, 2.24) is 0 Å². The smallest absolute Gasteiger partial charge is 0.359 e. The Morgan fingerprint density at radius 3 is 1.34 bits per heavy atom. The maximum Gasteiger partial charge on any atom is 0.359 e. The van der Waals surface area contributed by atoms with Crippen LogP contribution < -0.4 is 5.11 Å². The van der Waals surface area contributed by atoms with Crippen LogP contribution in [0.5, 0.6) is 0 Å². The number of rotatable bonds is 26. The molecule has 0 radical (unpaired) electrons. The number of aliphatic carboxylic acids is 3. The van der Waals surface area contributed by atoms with Gasteiger partial charge >= 0.3 is 11.9 Å². The van der Waals surface area contributed by atoms with E-state index in [0.29, 0.717) is 6.42 Å². The normalized spacial score (nSPS) is 11.8. The fourth-order valence-electron chi connectivity index (χ4n) is 4.65. The topological polar surface area (TPSA) is 115 Å². The molecule has 0 saturated heterocycles. The van der Waals surface area contributed by atoms with Gasteiger partial charge in [-0.05, 0) is 38.5 Å². The second kappa shape index (κ2) is 22.6. The summed E-state index contributed by atoms with van der Waals surface area (Å²) in [6, 6.07) is 0. The van der Waals surface area contributed by atoms with Crippen molar-refractivity contribution in [3.63, 3.8) is 0 Å². The standard InChI is InChI=1S/C28H51NO6/c1-2-3-4-5-6-7-8-9-10-11-12-13-14-15-16-17-18-19-20-21-22-29(23-26(30)31,24-27(32)33)25-28(34)35/h14-15H,2-13,16-25H2,1H3,(H2-,30,31,32,33,34,35)/b15-14+.